The summed E-state index contributed by atoms with van der Waals surface area (Å²) in [6.45, 7) is 0.570. The first kappa shape index (κ1) is 10.6. The third-order valence-corrected chi connectivity index (χ3v) is 1.09. The van der Waals surface area contributed by atoms with E-state index in [2.05, 4.69) is 10.6 Å². The zero-order valence-corrected chi connectivity index (χ0v) is 6.83. The quantitative estimate of drug-likeness (QED) is 0.366. The summed E-state index contributed by atoms with van der Waals surface area (Å²) in [6, 6.07) is 0. The van der Waals surface area contributed by atoms with Crippen LogP contribution >= 0.6 is 0 Å². The van der Waals surface area contributed by atoms with Crippen molar-refractivity contribution >= 4 is 11.9 Å². The van der Waals surface area contributed by atoms with Gasteiger partial charge in [-0.15, -0.1) is 0 Å². The molecule has 3 N–H and O–H groups in total. The fraction of sp³-hybridized carbons (Fsp3) is 0.429. The maximum Gasteiger partial charge on any atom is 0.328 e. The van der Waals surface area contributed by atoms with Crippen LogP contribution in [0.25, 0.3) is 0 Å². The lowest BCUT2D eigenvalue weighted by Crippen LogP contribution is -2.31. The van der Waals surface area contributed by atoms with E-state index < -0.39 is 5.97 Å². The van der Waals surface area contributed by atoms with E-state index in [9.17, 15) is 9.59 Å². The number of rotatable bonds is 5. The second-order valence-corrected chi connectivity index (χ2v) is 2.04. The predicted molar refractivity (Wildman–Crippen MR) is 43.7 cm³/mol. The highest BCUT2D eigenvalue weighted by Gasteiger charge is 1.93. The van der Waals surface area contributed by atoms with Crippen LogP contribution in [0.1, 0.15) is 0 Å². The van der Waals surface area contributed by atoms with Gasteiger partial charge in [0.05, 0.1) is 6.54 Å². The van der Waals surface area contributed by atoms with Crippen LogP contribution in [0.5, 0.6) is 0 Å². The van der Waals surface area contributed by atoms with Crippen molar-refractivity contribution in [3.63, 3.8) is 0 Å². The van der Waals surface area contributed by atoms with E-state index in [1.54, 1.807) is 0 Å². The maximum absolute atomic E-state index is 10.6. The largest absolute Gasteiger partial charge is 0.478 e. The molecule has 0 rings (SSSR count). The fourth-order valence-corrected chi connectivity index (χ4v) is 0.517. The number of amides is 1. The average Bonchev–Trinajstić information content (AvgIpc) is 2.03. The van der Waals surface area contributed by atoms with Gasteiger partial charge in [-0.1, -0.05) is 6.08 Å². The van der Waals surface area contributed by atoms with Crippen LogP contribution < -0.4 is 10.6 Å². The van der Waals surface area contributed by atoms with E-state index in [0.717, 1.165) is 6.08 Å². The molecule has 0 atom stereocenters. The molecule has 5 nitrogen and oxygen atoms in total. The van der Waals surface area contributed by atoms with Gasteiger partial charge < -0.3 is 15.7 Å². The van der Waals surface area contributed by atoms with Crippen LogP contribution in [0.4, 0.5) is 0 Å². The van der Waals surface area contributed by atoms with E-state index in [-0.39, 0.29) is 12.5 Å². The van der Waals surface area contributed by atoms with Crippen molar-refractivity contribution in [2.75, 3.05) is 20.1 Å². The van der Waals surface area contributed by atoms with Crippen molar-refractivity contribution in [1.29, 1.82) is 0 Å². The van der Waals surface area contributed by atoms with Gasteiger partial charge in [-0.05, 0) is 0 Å². The summed E-state index contributed by atoms with van der Waals surface area (Å²) in [4.78, 5) is 20.6. The second kappa shape index (κ2) is 6.36. The number of carbonyl (C=O) groups is 2. The minimum Gasteiger partial charge on any atom is -0.478 e. The molecule has 12 heavy (non-hydrogen) atoms. The van der Waals surface area contributed by atoms with Crippen molar-refractivity contribution in [2.45, 2.75) is 0 Å². The van der Waals surface area contributed by atoms with Gasteiger partial charge in [-0.3, -0.25) is 4.79 Å². The molecular weight excluding hydrogens is 160 g/mol. The summed E-state index contributed by atoms with van der Waals surface area (Å²) in [5, 5.41) is 13.3. The first-order chi connectivity index (χ1) is 5.66. The highest BCUT2D eigenvalue weighted by Crippen LogP contribution is 1.70. The van der Waals surface area contributed by atoms with Gasteiger partial charge in [0.25, 0.3) is 0 Å². The highest BCUT2D eigenvalue weighted by molar-refractivity contribution is 5.79. The van der Waals surface area contributed by atoms with E-state index in [0.29, 0.717) is 6.54 Å². The Kier molecular flexibility index (Phi) is 5.64. The molecule has 68 valence electrons. The number of aliphatic carboxylic acids is 1. The van der Waals surface area contributed by atoms with Crippen LogP contribution in [-0.2, 0) is 9.59 Å². The Bertz CT molecular complexity index is 189. The average molecular weight is 172 g/mol. The minimum absolute atomic E-state index is 0.126. The molecule has 0 aliphatic rings. The lowest BCUT2D eigenvalue weighted by atomic mass is 10.5. The molecule has 0 radical (unpaired) electrons. The van der Waals surface area contributed by atoms with E-state index in [1.807, 2.05) is 0 Å². The van der Waals surface area contributed by atoms with Gasteiger partial charge in [0.2, 0.25) is 5.91 Å². The number of carboxylic acid groups (broad SMARTS) is 1. The van der Waals surface area contributed by atoms with Gasteiger partial charge in [0.1, 0.15) is 0 Å². The maximum atomic E-state index is 10.6. The van der Waals surface area contributed by atoms with Crippen molar-refractivity contribution in [2.24, 2.45) is 0 Å². The summed E-state index contributed by atoms with van der Waals surface area (Å²) < 4.78 is 0. The van der Waals surface area contributed by atoms with Crippen molar-refractivity contribution in [3.8, 4) is 0 Å². The number of likely N-dealkylation sites (N-methyl/N-ethyl adjacent to an activating group) is 1. The summed E-state index contributed by atoms with van der Waals surface area (Å²) >= 11 is 0. The Morgan fingerprint density at radius 1 is 1.50 bits per heavy atom. The molecule has 0 aromatic heterocycles. The Balaban J connectivity index is 3.33. The lowest BCUT2D eigenvalue weighted by Gasteiger charge is -1.98. The molecule has 1 amide bonds. The van der Waals surface area contributed by atoms with Crippen LogP contribution in [0.3, 0.4) is 0 Å². The second-order valence-electron chi connectivity index (χ2n) is 2.04. The van der Waals surface area contributed by atoms with E-state index in [4.69, 9.17) is 5.11 Å². The Labute approximate surface area is 70.5 Å². The number of nitrogens with one attached hydrogen (secondary N) is 2. The first-order valence-corrected chi connectivity index (χ1v) is 3.47. The zero-order valence-electron chi connectivity index (χ0n) is 6.83. The van der Waals surface area contributed by atoms with Gasteiger partial charge in [0.15, 0.2) is 0 Å². The van der Waals surface area contributed by atoms with Crippen LogP contribution in [-0.4, -0.2) is 37.1 Å². The Hall–Kier alpha value is -1.36. The van der Waals surface area contributed by atoms with Crippen molar-refractivity contribution in [1.82, 2.24) is 10.6 Å². The molecule has 0 unspecified atom stereocenters. The minimum atomic E-state index is -0.989. The highest BCUT2D eigenvalue weighted by atomic mass is 16.4. The van der Waals surface area contributed by atoms with Crippen LogP contribution in [0.15, 0.2) is 12.2 Å². The number of carbonyl (C=O) groups excluding carboxylic acids is 1. The summed E-state index contributed by atoms with van der Waals surface area (Å²) in [5.41, 5.74) is 0. The van der Waals surface area contributed by atoms with Crippen LogP contribution in [0, 0.1) is 0 Å². The van der Waals surface area contributed by atoms with Gasteiger partial charge in [-0.25, -0.2) is 4.79 Å². The summed E-state index contributed by atoms with van der Waals surface area (Å²) in [6.07, 6.45) is 2.46. The van der Waals surface area contributed by atoms with E-state index in [1.165, 1.54) is 13.1 Å². The first-order valence-electron chi connectivity index (χ1n) is 3.47. The predicted octanol–water partition coefficient (Wildman–Crippen LogP) is -1.04. The molecule has 0 bridgehead atoms. The molecule has 0 fully saturated rings. The van der Waals surface area contributed by atoms with Crippen LogP contribution in [0.2, 0.25) is 0 Å². The summed E-state index contributed by atoms with van der Waals surface area (Å²) in [5.74, 6) is -1.12. The molecule has 0 saturated heterocycles. The number of hydrogen-bond acceptors (Lipinski definition) is 3. The SMILES string of the molecule is CNC(=O)CNC/C=C/C(=O)O. The topological polar surface area (TPSA) is 78.4 Å². The normalized spacial score (nSPS) is 10.1. The van der Waals surface area contributed by atoms with Gasteiger partial charge in [0, 0.05) is 19.7 Å². The van der Waals surface area contributed by atoms with Crippen molar-refractivity contribution < 1.29 is 14.7 Å². The molecule has 0 spiro atoms. The molecule has 0 aliphatic heterocycles. The third-order valence-electron chi connectivity index (χ3n) is 1.09. The fourth-order valence-electron chi connectivity index (χ4n) is 0.517. The van der Waals surface area contributed by atoms with Gasteiger partial charge >= 0.3 is 5.97 Å². The Morgan fingerprint density at radius 3 is 2.67 bits per heavy atom. The summed E-state index contributed by atoms with van der Waals surface area (Å²) in [7, 11) is 1.54. The van der Waals surface area contributed by atoms with Gasteiger partial charge in [-0.2, -0.15) is 0 Å². The number of carboxylic acids is 1. The lowest BCUT2D eigenvalue weighted by molar-refractivity contribution is -0.131. The molecule has 5 heteroatoms. The molecule has 0 heterocycles. The Morgan fingerprint density at radius 2 is 2.17 bits per heavy atom. The zero-order chi connectivity index (χ0) is 9.40. The van der Waals surface area contributed by atoms with Crippen molar-refractivity contribution in [3.05, 3.63) is 12.2 Å². The monoisotopic (exact) mass is 172 g/mol. The van der Waals surface area contributed by atoms with E-state index >= 15 is 0 Å². The molecule has 0 saturated carbocycles. The molecule has 0 aromatic rings. The molecular formula is C7H12N2O3. The smallest absolute Gasteiger partial charge is 0.328 e. The molecule has 0 aliphatic carbocycles. The third kappa shape index (κ3) is 6.76. The molecule has 0 aromatic carbocycles. The number of hydrogen-bond donors (Lipinski definition) is 3. The standard InChI is InChI=1S/C7H12N2O3/c1-8-6(10)5-9-4-2-3-7(11)12/h2-3,9H,4-5H2,1H3,(H,8,10)(H,11,12)/b3-2+.